The lowest BCUT2D eigenvalue weighted by atomic mass is 9.97. The lowest BCUT2D eigenvalue weighted by Gasteiger charge is -2.12. The summed E-state index contributed by atoms with van der Waals surface area (Å²) < 4.78 is 10.7. The molecule has 136 valence electrons. The molecule has 28 heavy (non-hydrogen) atoms. The number of aromatic nitrogens is 1. The molecule has 0 N–H and O–H groups in total. The molecule has 0 bridgehead atoms. The summed E-state index contributed by atoms with van der Waals surface area (Å²) in [6.45, 7) is 0. The molecule has 2 aliphatic carbocycles. The minimum atomic E-state index is 0.320. The van der Waals surface area contributed by atoms with Crippen LogP contribution in [-0.2, 0) is 0 Å². The highest BCUT2D eigenvalue weighted by Gasteiger charge is 2.19. The Bertz CT molecular complexity index is 1140. The molecule has 2 aromatic rings. The van der Waals surface area contributed by atoms with Crippen molar-refractivity contribution in [2.45, 2.75) is 0 Å². The second-order valence-electron chi connectivity index (χ2n) is 6.31. The Kier molecular flexibility index (Phi) is 4.65. The Morgan fingerprint density at radius 2 is 1.50 bits per heavy atom. The lowest BCUT2D eigenvalue weighted by Crippen LogP contribution is -1.97. The van der Waals surface area contributed by atoms with Gasteiger partial charge < -0.3 is 9.47 Å². The van der Waals surface area contributed by atoms with E-state index in [4.69, 9.17) is 9.47 Å². The van der Waals surface area contributed by atoms with Gasteiger partial charge in [-0.15, -0.1) is 0 Å². The van der Waals surface area contributed by atoms with E-state index in [0.717, 1.165) is 39.3 Å². The number of nitrogens with zero attached hydrogens (tertiary/aromatic N) is 2. The minimum absolute atomic E-state index is 0.320. The number of nitriles is 1. The Labute approximate surface area is 164 Å². The molecule has 0 radical (unpaired) electrons. The van der Waals surface area contributed by atoms with Gasteiger partial charge in [0.25, 0.3) is 0 Å². The predicted octanol–water partition coefficient (Wildman–Crippen LogP) is 5.41. The molecule has 2 aliphatic rings. The predicted molar refractivity (Wildman–Crippen MR) is 110 cm³/mol. The molecule has 0 fully saturated rings. The number of hydrogen-bond acceptors (Lipinski definition) is 4. The monoisotopic (exact) mass is 366 g/mol. The van der Waals surface area contributed by atoms with E-state index in [1.165, 1.54) is 7.11 Å². The third kappa shape index (κ3) is 3.04. The first-order valence-corrected chi connectivity index (χ1v) is 8.87. The SMILES string of the molecule is COc1ccc(-c2cc(-c3ccc4cccccc3-4)c(C#N)c(OC)n2)cc1. The van der Waals surface area contributed by atoms with E-state index < -0.39 is 0 Å². The van der Waals surface area contributed by atoms with Crippen LogP contribution in [-0.4, -0.2) is 19.2 Å². The van der Waals surface area contributed by atoms with Gasteiger partial charge >= 0.3 is 0 Å². The number of benzene rings is 1. The highest BCUT2D eigenvalue weighted by Crippen LogP contribution is 2.40. The summed E-state index contributed by atoms with van der Waals surface area (Å²) in [4.78, 5) is 4.57. The maximum absolute atomic E-state index is 9.79. The maximum Gasteiger partial charge on any atom is 0.232 e. The fourth-order valence-electron chi connectivity index (χ4n) is 3.35. The summed E-state index contributed by atoms with van der Waals surface area (Å²) in [6, 6.07) is 26.1. The van der Waals surface area contributed by atoms with Gasteiger partial charge in [-0.1, -0.05) is 42.5 Å². The Hall–Kier alpha value is -3.84. The van der Waals surface area contributed by atoms with Gasteiger partial charge in [-0.3, -0.25) is 0 Å². The lowest BCUT2D eigenvalue weighted by molar-refractivity contribution is 0.397. The molecule has 0 spiro atoms. The first-order valence-electron chi connectivity index (χ1n) is 8.87. The third-order valence-corrected chi connectivity index (χ3v) is 4.76. The van der Waals surface area contributed by atoms with Crippen molar-refractivity contribution in [3.8, 4) is 51.2 Å². The molecule has 0 atom stereocenters. The number of pyridine rings is 1. The molecule has 4 heteroatoms. The van der Waals surface area contributed by atoms with Crippen molar-refractivity contribution in [3.63, 3.8) is 0 Å². The molecular formula is C24H18N2O2. The first-order chi connectivity index (χ1) is 13.7. The van der Waals surface area contributed by atoms with Crippen molar-refractivity contribution in [2.75, 3.05) is 14.2 Å². The number of ether oxygens (including phenoxy) is 2. The van der Waals surface area contributed by atoms with E-state index in [9.17, 15) is 5.26 Å². The summed E-state index contributed by atoms with van der Waals surface area (Å²) in [5.41, 5.74) is 6.08. The standard InChI is InChI=1S/C24H18N2O2/c1-27-18-11-8-17(9-12-18)23-14-21(22(15-25)24(26-23)28-2)20-13-10-16-6-4-3-5-7-19(16)20/h3-14H,1-2H3. The van der Waals surface area contributed by atoms with Gasteiger partial charge in [0.05, 0.1) is 19.9 Å². The van der Waals surface area contributed by atoms with Crippen LogP contribution >= 0.6 is 0 Å². The zero-order valence-corrected chi connectivity index (χ0v) is 15.6. The number of methoxy groups -OCH3 is 2. The molecule has 1 aromatic heterocycles. The molecule has 0 aliphatic heterocycles. The van der Waals surface area contributed by atoms with Gasteiger partial charge in [-0.05, 0) is 47.0 Å². The maximum atomic E-state index is 9.79. The molecule has 1 aromatic carbocycles. The van der Waals surface area contributed by atoms with E-state index in [1.807, 2.05) is 54.6 Å². The normalized spacial score (nSPS) is 10.5. The third-order valence-electron chi connectivity index (χ3n) is 4.76. The van der Waals surface area contributed by atoms with Gasteiger partial charge in [-0.25, -0.2) is 4.98 Å². The van der Waals surface area contributed by atoms with Crippen molar-refractivity contribution in [2.24, 2.45) is 0 Å². The molecule has 0 saturated heterocycles. The van der Waals surface area contributed by atoms with Gasteiger partial charge in [0.2, 0.25) is 5.88 Å². The Morgan fingerprint density at radius 1 is 0.750 bits per heavy atom. The average Bonchev–Trinajstić information content (AvgIpc) is 3.00. The van der Waals surface area contributed by atoms with Crippen molar-refractivity contribution in [1.29, 1.82) is 5.26 Å². The van der Waals surface area contributed by atoms with Crippen LogP contribution in [0.4, 0.5) is 0 Å². The number of rotatable bonds is 4. The van der Waals surface area contributed by atoms with Crippen LogP contribution in [0.15, 0.2) is 72.8 Å². The van der Waals surface area contributed by atoms with Crippen LogP contribution in [0.3, 0.4) is 0 Å². The number of fused-ring (bicyclic) bond motifs is 1. The second-order valence-corrected chi connectivity index (χ2v) is 6.31. The summed E-state index contributed by atoms with van der Waals surface area (Å²) in [7, 11) is 3.17. The quantitative estimate of drug-likeness (QED) is 0.485. The van der Waals surface area contributed by atoms with Gasteiger partial charge in [0.1, 0.15) is 17.4 Å². The summed E-state index contributed by atoms with van der Waals surface area (Å²) in [5, 5.41) is 9.79. The topological polar surface area (TPSA) is 55.1 Å². The highest BCUT2D eigenvalue weighted by atomic mass is 16.5. The Morgan fingerprint density at radius 3 is 2.21 bits per heavy atom. The first kappa shape index (κ1) is 17.6. The van der Waals surface area contributed by atoms with Crippen LogP contribution in [0.2, 0.25) is 0 Å². The molecule has 0 amide bonds. The molecule has 0 unspecified atom stereocenters. The van der Waals surface area contributed by atoms with Gasteiger partial charge in [-0.2, -0.15) is 5.26 Å². The summed E-state index contributed by atoms with van der Waals surface area (Å²) in [5.74, 6) is 1.10. The zero-order valence-electron chi connectivity index (χ0n) is 15.6. The van der Waals surface area contributed by atoms with Crippen molar-refractivity contribution in [1.82, 2.24) is 4.98 Å². The average molecular weight is 366 g/mol. The van der Waals surface area contributed by atoms with Crippen LogP contribution in [0.5, 0.6) is 11.6 Å². The molecule has 4 rings (SSSR count). The summed E-state index contributed by atoms with van der Waals surface area (Å²) in [6.07, 6.45) is 0. The zero-order chi connectivity index (χ0) is 19.5. The van der Waals surface area contributed by atoms with E-state index in [-0.39, 0.29) is 0 Å². The van der Waals surface area contributed by atoms with Crippen molar-refractivity contribution >= 4 is 0 Å². The largest absolute Gasteiger partial charge is 0.497 e. The van der Waals surface area contributed by atoms with Gasteiger partial charge in [0.15, 0.2) is 0 Å². The fourth-order valence-corrected chi connectivity index (χ4v) is 3.35. The minimum Gasteiger partial charge on any atom is -0.497 e. The molecule has 1 heterocycles. The fraction of sp³-hybridized carbons (Fsp3) is 0.0833. The van der Waals surface area contributed by atoms with Crippen molar-refractivity contribution < 1.29 is 9.47 Å². The smallest absolute Gasteiger partial charge is 0.232 e. The highest BCUT2D eigenvalue weighted by molar-refractivity contribution is 5.90. The molecule has 4 nitrogen and oxygen atoms in total. The van der Waals surface area contributed by atoms with Crippen LogP contribution in [0, 0.1) is 11.3 Å². The van der Waals surface area contributed by atoms with Crippen LogP contribution in [0.1, 0.15) is 5.56 Å². The molecule has 0 saturated carbocycles. The van der Waals surface area contributed by atoms with Crippen LogP contribution < -0.4 is 9.47 Å². The van der Waals surface area contributed by atoms with Gasteiger partial charge in [0, 0.05) is 11.1 Å². The molecular weight excluding hydrogens is 348 g/mol. The van der Waals surface area contributed by atoms with Crippen molar-refractivity contribution in [3.05, 3.63) is 78.4 Å². The Balaban J connectivity index is 1.94. The summed E-state index contributed by atoms with van der Waals surface area (Å²) >= 11 is 0. The number of hydrogen-bond donors (Lipinski definition) is 0. The van der Waals surface area contributed by atoms with E-state index in [0.29, 0.717) is 11.4 Å². The van der Waals surface area contributed by atoms with Crippen LogP contribution in [0.25, 0.3) is 33.5 Å². The van der Waals surface area contributed by atoms with E-state index in [2.05, 4.69) is 29.3 Å². The second kappa shape index (κ2) is 7.42. The van der Waals surface area contributed by atoms with E-state index >= 15 is 0 Å². The van der Waals surface area contributed by atoms with E-state index in [1.54, 1.807) is 7.11 Å².